The highest BCUT2D eigenvalue weighted by atomic mass is 16.4. The number of carbonyl (C=O) groups excluding carboxylic acids is 1. The van der Waals surface area contributed by atoms with E-state index in [4.69, 9.17) is 5.11 Å². The molecule has 0 aliphatic carbocycles. The highest BCUT2D eigenvalue weighted by molar-refractivity contribution is 5.98. The monoisotopic (exact) mass is 424 g/mol. The molecule has 162 valence electrons. The summed E-state index contributed by atoms with van der Waals surface area (Å²) in [5, 5.41) is 28.7. The van der Waals surface area contributed by atoms with Gasteiger partial charge in [-0.3, -0.25) is 4.79 Å². The van der Waals surface area contributed by atoms with Gasteiger partial charge < -0.3 is 26.4 Å². The molecule has 3 aromatic rings. The van der Waals surface area contributed by atoms with Crippen LogP contribution in [0.25, 0.3) is 10.9 Å². The summed E-state index contributed by atoms with van der Waals surface area (Å²) in [6.07, 6.45) is 3.34. The average molecular weight is 424 g/mol. The van der Waals surface area contributed by atoms with Gasteiger partial charge in [-0.2, -0.15) is 15.2 Å². The van der Waals surface area contributed by atoms with Crippen molar-refractivity contribution < 1.29 is 14.7 Å². The minimum Gasteiger partial charge on any atom is -0.465 e. The van der Waals surface area contributed by atoms with Gasteiger partial charge in [0.2, 0.25) is 5.95 Å². The zero-order valence-electron chi connectivity index (χ0n) is 17.1. The second-order valence-corrected chi connectivity index (χ2v) is 6.65. The van der Waals surface area contributed by atoms with Gasteiger partial charge in [0.1, 0.15) is 11.4 Å². The Morgan fingerprint density at radius 2 is 1.94 bits per heavy atom. The van der Waals surface area contributed by atoms with Crippen molar-refractivity contribution in [3.05, 3.63) is 42.2 Å². The van der Waals surface area contributed by atoms with E-state index in [0.29, 0.717) is 36.8 Å². The molecule has 0 spiro atoms. The van der Waals surface area contributed by atoms with Crippen molar-refractivity contribution in [2.45, 2.75) is 19.8 Å². The molecule has 11 nitrogen and oxygen atoms in total. The third-order valence-electron chi connectivity index (χ3n) is 4.26. The van der Waals surface area contributed by atoms with Crippen LogP contribution < -0.4 is 21.3 Å². The molecule has 0 atom stereocenters. The smallest absolute Gasteiger partial charge is 0.404 e. The molecule has 2 heterocycles. The van der Waals surface area contributed by atoms with E-state index in [9.17, 15) is 9.59 Å². The molecule has 2 amide bonds. The van der Waals surface area contributed by atoms with Gasteiger partial charge in [-0.15, -0.1) is 0 Å². The van der Waals surface area contributed by atoms with E-state index >= 15 is 0 Å². The van der Waals surface area contributed by atoms with Gasteiger partial charge >= 0.3 is 6.09 Å². The summed E-state index contributed by atoms with van der Waals surface area (Å²) in [5.41, 5.74) is 1.88. The summed E-state index contributed by atoms with van der Waals surface area (Å²) in [5.74, 6) is 0.444. The lowest BCUT2D eigenvalue weighted by molar-refractivity contribution is 0.0953. The molecular formula is C20H24N8O3. The zero-order valence-corrected chi connectivity index (χ0v) is 17.1. The molecule has 0 aliphatic rings. The summed E-state index contributed by atoms with van der Waals surface area (Å²) in [4.78, 5) is 31.7. The Bertz CT molecular complexity index is 1060. The van der Waals surface area contributed by atoms with Crippen LogP contribution in [0.5, 0.6) is 0 Å². The lowest BCUT2D eigenvalue weighted by Gasteiger charge is -2.13. The van der Waals surface area contributed by atoms with Crippen molar-refractivity contribution in [3.63, 3.8) is 0 Å². The number of benzene rings is 1. The van der Waals surface area contributed by atoms with Crippen molar-refractivity contribution >= 4 is 40.4 Å². The quantitative estimate of drug-likeness (QED) is 0.309. The Hall–Kier alpha value is -4.02. The summed E-state index contributed by atoms with van der Waals surface area (Å²) in [6.45, 7) is 3.24. The largest absolute Gasteiger partial charge is 0.465 e. The molecule has 0 bridgehead atoms. The van der Waals surface area contributed by atoms with Crippen LogP contribution in [0.4, 0.5) is 22.2 Å². The maximum absolute atomic E-state index is 12.5. The van der Waals surface area contributed by atoms with Crippen molar-refractivity contribution in [2.24, 2.45) is 0 Å². The average Bonchev–Trinajstić information content (AvgIpc) is 2.77. The van der Waals surface area contributed by atoms with Crippen molar-refractivity contribution in [1.82, 2.24) is 30.8 Å². The third kappa shape index (κ3) is 6.23. The molecule has 0 unspecified atom stereocenters. The SMILES string of the molecule is CCCNc1nc(Nc2ccc3nnccc3c2)ncc1C(=O)NCCCNC(=O)O. The highest BCUT2D eigenvalue weighted by Crippen LogP contribution is 2.21. The molecule has 0 saturated carbocycles. The topological polar surface area (TPSA) is 154 Å². The first-order valence-corrected chi connectivity index (χ1v) is 9.91. The fourth-order valence-corrected chi connectivity index (χ4v) is 2.76. The first-order chi connectivity index (χ1) is 15.1. The van der Waals surface area contributed by atoms with Gasteiger partial charge in [-0.05, 0) is 37.1 Å². The molecule has 1 aromatic carbocycles. The Kier molecular flexibility index (Phi) is 7.46. The first-order valence-electron chi connectivity index (χ1n) is 9.91. The number of hydrogen-bond donors (Lipinski definition) is 5. The zero-order chi connectivity index (χ0) is 22.1. The molecule has 3 rings (SSSR count). The van der Waals surface area contributed by atoms with Crippen LogP contribution in [0.2, 0.25) is 0 Å². The van der Waals surface area contributed by atoms with Gasteiger partial charge in [-0.25, -0.2) is 9.78 Å². The minimum absolute atomic E-state index is 0.257. The van der Waals surface area contributed by atoms with Gasteiger partial charge in [0.15, 0.2) is 0 Å². The van der Waals surface area contributed by atoms with Crippen molar-refractivity contribution in [2.75, 3.05) is 30.3 Å². The van der Waals surface area contributed by atoms with Gasteiger partial charge in [-0.1, -0.05) is 6.92 Å². The summed E-state index contributed by atoms with van der Waals surface area (Å²) >= 11 is 0. The van der Waals surface area contributed by atoms with Crippen LogP contribution in [0.1, 0.15) is 30.1 Å². The van der Waals surface area contributed by atoms with E-state index in [-0.39, 0.29) is 12.5 Å². The van der Waals surface area contributed by atoms with Crippen molar-refractivity contribution in [3.8, 4) is 0 Å². The van der Waals surface area contributed by atoms with Gasteiger partial charge in [0.05, 0.1) is 11.7 Å². The summed E-state index contributed by atoms with van der Waals surface area (Å²) in [6, 6.07) is 7.48. The van der Waals surface area contributed by atoms with Gasteiger partial charge in [0, 0.05) is 36.9 Å². The second kappa shape index (κ2) is 10.7. The summed E-state index contributed by atoms with van der Waals surface area (Å²) in [7, 11) is 0. The van der Waals surface area contributed by atoms with E-state index in [1.54, 1.807) is 6.20 Å². The van der Waals surface area contributed by atoms with E-state index in [1.807, 2.05) is 31.2 Å². The number of rotatable bonds is 10. The van der Waals surface area contributed by atoms with E-state index in [1.165, 1.54) is 6.20 Å². The first kappa shape index (κ1) is 21.7. The number of fused-ring (bicyclic) bond motifs is 1. The van der Waals surface area contributed by atoms with Crippen LogP contribution in [0.3, 0.4) is 0 Å². The molecule has 2 aromatic heterocycles. The standard InChI is InChI=1S/C20H24N8O3/c1-2-7-21-17-15(18(29)22-8-3-9-23-20(30)31)12-24-19(27-17)26-14-4-5-16-13(11-14)6-10-25-28-16/h4-6,10-12,23H,2-3,7-9H2,1H3,(H,22,29)(H,30,31)(H2,21,24,26,27). The predicted molar refractivity (Wildman–Crippen MR) is 117 cm³/mol. The maximum Gasteiger partial charge on any atom is 0.404 e. The number of amides is 2. The molecule has 0 fully saturated rings. The van der Waals surface area contributed by atoms with Crippen LogP contribution in [-0.4, -0.2) is 56.9 Å². The van der Waals surface area contributed by atoms with E-state index in [2.05, 4.69) is 41.4 Å². The number of aromatic nitrogens is 4. The minimum atomic E-state index is -1.09. The van der Waals surface area contributed by atoms with Gasteiger partial charge in [0.25, 0.3) is 5.91 Å². The van der Waals surface area contributed by atoms with Crippen LogP contribution in [0, 0.1) is 0 Å². The lowest BCUT2D eigenvalue weighted by Crippen LogP contribution is -2.30. The Morgan fingerprint density at radius 1 is 1.10 bits per heavy atom. The Balaban J connectivity index is 1.70. The Labute approximate surface area is 178 Å². The van der Waals surface area contributed by atoms with Crippen LogP contribution >= 0.6 is 0 Å². The third-order valence-corrected chi connectivity index (χ3v) is 4.26. The number of nitrogens with zero attached hydrogens (tertiary/aromatic N) is 4. The molecule has 5 N–H and O–H groups in total. The number of nitrogens with one attached hydrogen (secondary N) is 4. The molecule has 0 saturated heterocycles. The Morgan fingerprint density at radius 3 is 2.74 bits per heavy atom. The van der Waals surface area contributed by atoms with Crippen molar-refractivity contribution in [1.29, 1.82) is 0 Å². The normalized spacial score (nSPS) is 10.5. The predicted octanol–water partition coefficient (Wildman–Crippen LogP) is 2.37. The van der Waals surface area contributed by atoms with Crippen LogP contribution in [0.15, 0.2) is 36.7 Å². The number of carbonyl (C=O) groups is 2. The molecule has 0 aliphatic heterocycles. The molecule has 31 heavy (non-hydrogen) atoms. The maximum atomic E-state index is 12.5. The fraction of sp³-hybridized carbons (Fsp3) is 0.300. The molecule has 0 radical (unpaired) electrons. The number of carboxylic acid groups (broad SMARTS) is 1. The highest BCUT2D eigenvalue weighted by Gasteiger charge is 2.14. The second-order valence-electron chi connectivity index (χ2n) is 6.65. The lowest BCUT2D eigenvalue weighted by atomic mass is 10.2. The molecule has 11 heteroatoms. The van der Waals surface area contributed by atoms with Crippen LogP contribution in [-0.2, 0) is 0 Å². The van der Waals surface area contributed by atoms with E-state index < -0.39 is 6.09 Å². The van der Waals surface area contributed by atoms with E-state index in [0.717, 1.165) is 23.0 Å². The number of anilines is 3. The summed E-state index contributed by atoms with van der Waals surface area (Å²) < 4.78 is 0. The fourth-order valence-electron chi connectivity index (χ4n) is 2.76. The molecular weight excluding hydrogens is 400 g/mol. The number of hydrogen-bond acceptors (Lipinski definition) is 8.